The van der Waals surface area contributed by atoms with E-state index in [2.05, 4.69) is 0 Å². The Morgan fingerprint density at radius 3 is 2.50 bits per heavy atom. The van der Waals surface area contributed by atoms with E-state index < -0.39 is 0 Å². The maximum Gasteiger partial charge on any atom is 0.310 e. The van der Waals surface area contributed by atoms with Crippen LogP contribution >= 0.6 is 11.6 Å². The Morgan fingerprint density at radius 1 is 1.40 bits per heavy atom. The van der Waals surface area contributed by atoms with Gasteiger partial charge in [-0.05, 0) is 12.1 Å². The lowest BCUT2D eigenvalue weighted by Crippen LogP contribution is -2.14. The zero-order valence-corrected chi connectivity index (χ0v) is 5.97. The molecule has 0 unspecified atom stereocenters. The molecule has 2 nitrogen and oxygen atoms in total. The molecule has 10 heavy (non-hydrogen) atoms. The first-order valence-corrected chi connectivity index (χ1v) is 3.20. The van der Waals surface area contributed by atoms with Crippen molar-refractivity contribution in [2.75, 3.05) is 0 Å². The zero-order valence-electron chi connectivity index (χ0n) is 5.21. The smallest absolute Gasteiger partial charge is 0.310 e. The summed E-state index contributed by atoms with van der Waals surface area (Å²) < 4.78 is 0. The molecule has 4 heteroatoms. The van der Waals surface area contributed by atoms with Crippen molar-refractivity contribution in [2.45, 2.75) is 0 Å². The Hall–Kier alpha value is -0.665. The molecule has 52 valence electrons. The number of hydrogen-bond acceptors (Lipinski definition) is 2. The Balaban J connectivity index is 3.17. The highest BCUT2D eigenvalue weighted by molar-refractivity contribution is 6.53. The van der Waals surface area contributed by atoms with Crippen LogP contribution in [0.5, 0.6) is 5.75 Å². The summed E-state index contributed by atoms with van der Waals surface area (Å²) in [5.74, 6) is 0.0370. The van der Waals surface area contributed by atoms with Crippen molar-refractivity contribution < 1.29 is 10.1 Å². The lowest BCUT2D eigenvalue weighted by Gasteiger charge is -1.99. The highest BCUT2D eigenvalue weighted by Crippen LogP contribution is 2.11. The molecular weight excluding hydrogens is 150 g/mol. The molecule has 0 saturated heterocycles. The van der Waals surface area contributed by atoms with Crippen molar-refractivity contribution in [2.24, 2.45) is 0 Å². The molecule has 0 aromatic heterocycles. The third-order valence-electron chi connectivity index (χ3n) is 1.25. The molecule has 0 amide bonds. The van der Waals surface area contributed by atoms with Gasteiger partial charge in [0.25, 0.3) is 0 Å². The van der Waals surface area contributed by atoms with E-state index in [9.17, 15) is 0 Å². The van der Waals surface area contributed by atoms with Crippen LogP contribution in [0.1, 0.15) is 0 Å². The molecule has 0 saturated carbocycles. The van der Waals surface area contributed by atoms with Crippen LogP contribution in [-0.2, 0) is 0 Å². The van der Waals surface area contributed by atoms with Gasteiger partial charge in [-0.2, -0.15) is 0 Å². The van der Waals surface area contributed by atoms with Crippen molar-refractivity contribution in [1.29, 1.82) is 0 Å². The summed E-state index contributed by atoms with van der Waals surface area (Å²) in [7, 11) is -0.231. The van der Waals surface area contributed by atoms with E-state index in [-0.39, 0.29) is 13.2 Å². The Kier molecular flexibility index (Phi) is 2.19. The molecule has 0 spiro atoms. The first kappa shape index (κ1) is 7.44. The minimum absolute atomic E-state index is 0.0370. The van der Waals surface area contributed by atoms with Crippen molar-refractivity contribution in [3.05, 3.63) is 23.2 Å². The molecule has 0 aliphatic rings. The van der Waals surface area contributed by atoms with Crippen molar-refractivity contribution in [1.82, 2.24) is 0 Å². The fourth-order valence-corrected chi connectivity index (χ4v) is 0.933. The minimum atomic E-state index is -0.231. The number of halogens is 1. The number of hydrogen-bond donors (Lipinski definition) is 2. The maximum absolute atomic E-state index is 9.05. The van der Waals surface area contributed by atoms with Gasteiger partial charge in [0.2, 0.25) is 0 Å². The summed E-state index contributed by atoms with van der Waals surface area (Å²) in [6, 6.07) is 4.72. The lowest BCUT2D eigenvalue weighted by atomic mass is 9.88. The van der Waals surface area contributed by atoms with Crippen LogP contribution in [0, 0.1) is 0 Å². The van der Waals surface area contributed by atoms with E-state index >= 15 is 0 Å². The fourth-order valence-electron chi connectivity index (χ4n) is 0.704. The molecule has 1 aromatic rings. The predicted octanol–water partition coefficient (Wildman–Crippen LogP) is 0.0147. The Bertz CT molecular complexity index is 219. The molecule has 0 bridgehead atoms. The quantitative estimate of drug-likeness (QED) is 0.563. The molecule has 0 aliphatic heterocycles. The second-order valence-electron chi connectivity index (χ2n) is 1.90. The van der Waals surface area contributed by atoms with Gasteiger partial charge in [-0.1, -0.05) is 17.7 Å². The predicted molar refractivity (Wildman–Crippen MR) is 42.1 cm³/mol. The van der Waals surface area contributed by atoms with Gasteiger partial charge in [0.15, 0.2) is 0 Å². The highest BCUT2D eigenvalue weighted by Gasteiger charge is 2.04. The summed E-state index contributed by atoms with van der Waals surface area (Å²) in [4.78, 5) is 0. The van der Waals surface area contributed by atoms with Crippen LogP contribution in [0.15, 0.2) is 18.2 Å². The van der Waals surface area contributed by atoms with Gasteiger partial charge in [-0.3, -0.25) is 0 Å². The lowest BCUT2D eigenvalue weighted by molar-refractivity contribution is 0.478. The molecule has 0 radical (unpaired) electrons. The third-order valence-corrected chi connectivity index (χ3v) is 1.61. The normalized spacial score (nSPS) is 9.40. The second-order valence-corrected chi connectivity index (χ2v) is 2.30. The molecule has 2 N–H and O–H groups in total. The van der Waals surface area contributed by atoms with Crippen LogP contribution in [0.2, 0.25) is 5.02 Å². The van der Waals surface area contributed by atoms with Gasteiger partial charge in [0, 0.05) is 10.5 Å². The largest absolute Gasteiger partial charge is 0.508 e. The number of phenolic OH excluding ortho intramolecular Hbond substituents is 1. The average molecular weight is 156 g/mol. The summed E-state index contributed by atoms with van der Waals surface area (Å²) in [6.07, 6.45) is 0. The van der Waals surface area contributed by atoms with Gasteiger partial charge < -0.3 is 10.1 Å². The minimum Gasteiger partial charge on any atom is -0.508 e. The van der Waals surface area contributed by atoms with Crippen LogP contribution in [-0.4, -0.2) is 17.6 Å². The monoisotopic (exact) mass is 156 g/mol. The first-order valence-electron chi connectivity index (χ1n) is 2.83. The number of phenols is 1. The van der Waals surface area contributed by atoms with Crippen LogP contribution in [0.25, 0.3) is 0 Å². The van der Waals surface area contributed by atoms with Crippen molar-refractivity contribution in [3.8, 4) is 5.75 Å². The Labute approximate surface area is 64.3 Å². The number of rotatable bonds is 1. The van der Waals surface area contributed by atoms with Crippen LogP contribution in [0.3, 0.4) is 0 Å². The summed E-state index contributed by atoms with van der Waals surface area (Å²) >= 11 is 5.61. The van der Waals surface area contributed by atoms with Crippen LogP contribution < -0.4 is 5.46 Å². The topological polar surface area (TPSA) is 40.5 Å². The van der Waals surface area contributed by atoms with Crippen molar-refractivity contribution in [3.63, 3.8) is 0 Å². The van der Waals surface area contributed by atoms with E-state index in [1.807, 2.05) is 0 Å². The van der Waals surface area contributed by atoms with Crippen LogP contribution in [0.4, 0.5) is 0 Å². The molecule has 0 heterocycles. The SMILES string of the molecule is OBc1c(O)cccc1Cl. The highest BCUT2D eigenvalue weighted by atomic mass is 35.5. The third kappa shape index (κ3) is 1.25. The van der Waals surface area contributed by atoms with Crippen molar-refractivity contribution >= 4 is 24.5 Å². The number of aromatic hydroxyl groups is 1. The van der Waals surface area contributed by atoms with E-state index in [0.717, 1.165) is 0 Å². The molecule has 1 rings (SSSR count). The van der Waals surface area contributed by atoms with Gasteiger partial charge >= 0.3 is 7.48 Å². The average Bonchev–Trinajstić information content (AvgIpc) is 1.88. The van der Waals surface area contributed by atoms with E-state index in [4.69, 9.17) is 21.7 Å². The molecule has 0 atom stereocenters. The standard InChI is InChI=1S/C6H6BClO2/c8-4-2-1-3-5(9)6(4)7-10/h1-3,7,9-10H. The first-order chi connectivity index (χ1) is 4.75. The summed E-state index contributed by atoms with van der Waals surface area (Å²) in [5, 5.41) is 18.1. The Morgan fingerprint density at radius 2 is 2.10 bits per heavy atom. The second kappa shape index (κ2) is 2.95. The molecule has 0 aliphatic carbocycles. The molecule has 1 aromatic carbocycles. The van der Waals surface area contributed by atoms with Gasteiger partial charge in [-0.25, -0.2) is 0 Å². The van der Waals surface area contributed by atoms with E-state index in [1.54, 1.807) is 12.1 Å². The number of benzene rings is 1. The molecular formula is C6H6BClO2. The van der Waals surface area contributed by atoms with Gasteiger partial charge in [0.1, 0.15) is 5.75 Å². The maximum atomic E-state index is 9.05. The van der Waals surface area contributed by atoms with E-state index in [0.29, 0.717) is 10.5 Å². The summed E-state index contributed by atoms with van der Waals surface area (Å²) in [6.45, 7) is 0. The fraction of sp³-hybridized carbons (Fsp3) is 0. The van der Waals surface area contributed by atoms with Gasteiger partial charge in [0.05, 0.1) is 0 Å². The van der Waals surface area contributed by atoms with E-state index in [1.165, 1.54) is 6.07 Å². The zero-order chi connectivity index (χ0) is 7.56. The molecule has 0 fully saturated rings. The van der Waals surface area contributed by atoms with Gasteiger partial charge in [-0.15, -0.1) is 0 Å². The summed E-state index contributed by atoms with van der Waals surface area (Å²) in [5.41, 5.74) is 0.379.